The van der Waals surface area contributed by atoms with Crippen LogP contribution in [0.15, 0.2) is 6.07 Å². The SMILES string of the molecule is CC1CCC(C(Br)c2cc(Cl)sc2Cl)CC1. The average molecular weight is 342 g/mol. The molecule has 0 radical (unpaired) electrons. The quantitative estimate of drug-likeness (QED) is 0.552. The van der Waals surface area contributed by atoms with Crippen molar-refractivity contribution in [1.29, 1.82) is 0 Å². The van der Waals surface area contributed by atoms with E-state index >= 15 is 0 Å². The molecule has 0 aromatic carbocycles. The van der Waals surface area contributed by atoms with Crippen LogP contribution in [0.2, 0.25) is 8.67 Å². The van der Waals surface area contributed by atoms with Gasteiger partial charge in [-0.25, -0.2) is 0 Å². The van der Waals surface area contributed by atoms with Crippen LogP contribution in [0.5, 0.6) is 0 Å². The lowest BCUT2D eigenvalue weighted by Gasteiger charge is -2.29. The van der Waals surface area contributed by atoms with E-state index in [1.54, 1.807) is 0 Å². The van der Waals surface area contributed by atoms with Crippen molar-refractivity contribution in [1.82, 2.24) is 0 Å². The first kappa shape index (κ1) is 13.2. The topological polar surface area (TPSA) is 0 Å². The molecule has 16 heavy (non-hydrogen) atoms. The molecule has 1 aromatic heterocycles. The van der Waals surface area contributed by atoms with Crippen molar-refractivity contribution in [2.75, 3.05) is 0 Å². The lowest BCUT2D eigenvalue weighted by molar-refractivity contribution is 0.288. The van der Waals surface area contributed by atoms with E-state index in [4.69, 9.17) is 23.2 Å². The van der Waals surface area contributed by atoms with E-state index in [1.807, 2.05) is 6.07 Å². The summed E-state index contributed by atoms with van der Waals surface area (Å²) in [4.78, 5) is 0.372. The van der Waals surface area contributed by atoms with E-state index < -0.39 is 0 Å². The van der Waals surface area contributed by atoms with Gasteiger partial charge in [0.05, 0.1) is 8.67 Å². The molecule has 1 unspecified atom stereocenters. The molecule has 0 spiro atoms. The lowest BCUT2D eigenvalue weighted by atomic mass is 9.80. The van der Waals surface area contributed by atoms with Gasteiger partial charge in [0.25, 0.3) is 0 Å². The van der Waals surface area contributed by atoms with E-state index in [0.29, 0.717) is 10.7 Å². The van der Waals surface area contributed by atoms with Crippen molar-refractivity contribution in [2.24, 2.45) is 11.8 Å². The molecule has 0 N–H and O–H groups in total. The second-order valence-electron chi connectivity index (χ2n) is 4.70. The maximum Gasteiger partial charge on any atom is 0.0987 e. The summed E-state index contributed by atoms with van der Waals surface area (Å²) in [6, 6.07) is 2.01. The Labute approximate surface area is 119 Å². The Hall–Kier alpha value is 0.760. The number of alkyl halides is 1. The van der Waals surface area contributed by atoms with Gasteiger partial charge in [0.15, 0.2) is 0 Å². The number of thiophene rings is 1. The molecule has 0 saturated heterocycles. The molecule has 1 heterocycles. The zero-order chi connectivity index (χ0) is 11.7. The Balaban J connectivity index is 2.07. The highest BCUT2D eigenvalue weighted by Crippen LogP contribution is 2.46. The molecule has 1 fully saturated rings. The van der Waals surface area contributed by atoms with Gasteiger partial charge in [-0.05, 0) is 36.3 Å². The highest BCUT2D eigenvalue weighted by molar-refractivity contribution is 9.09. The number of halogens is 3. The molecule has 0 nitrogen and oxygen atoms in total. The van der Waals surface area contributed by atoms with E-state index in [0.717, 1.165) is 14.6 Å². The zero-order valence-corrected chi connectivity index (χ0v) is 13.1. The molecule has 1 aromatic rings. The van der Waals surface area contributed by atoms with Gasteiger partial charge < -0.3 is 0 Å². The average Bonchev–Trinajstić information content (AvgIpc) is 2.58. The summed E-state index contributed by atoms with van der Waals surface area (Å²) in [7, 11) is 0. The summed E-state index contributed by atoms with van der Waals surface area (Å²) in [5, 5.41) is 0. The zero-order valence-electron chi connectivity index (χ0n) is 9.18. The number of rotatable bonds is 2. The summed E-state index contributed by atoms with van der Waals surface area (Å²) in [5.41, 5.74) is 1.18. The predicted octanol–water partition coefficient (Wildman–Crippen LogP) is 6.32. The second kappa shape index (κ2) is 5.60. The Morgan fingerprint density at radius 3 is 2.44 bits per heavy atom. The minimum Gasteiger partial charge on any atom is -0.111 e. The standard InChI is InChI=1S/C12H15BrCl2S/c1-7-2-4-8(5-3-7)11(13)9-6-10(14)16-12(9)15/h6-8,11H,2-5H2,1H3. The largest absolute Gasteiger partial charge is 0.111 e. The lowest BCUT2D eigenvalue weighted by Crippen LogP contribution is -2.16. The van der Waals surface area contributed by atoms with Gasteiger partial charge in [0.2, 0.25) is 0 Å². The fourth-order valence-corrected chi connectivity index (χ4v) is 5.10. The van der Waals surface area contributed by atoms with Gasteiger partial charge in [-0.15, -0.1) is 11.3 Å². The van der Waals surface area contributed by atoms with Crippen molar-refractivity contribution in [3.8, 4) is 0 Å². The van der Waals surface area contributed by atoms with Gasteiger partial charge in [0, 0.05) is 4.83 Å². The maximum atomic E-state index is 6.19. The summed E-state index contributed by atoms with van der Waals surface area (Å²) in [5.74, 6) is 1.59. The fourth-order valence-electron chi connectivity index (χ4n) is 2.37. The minimum absolute atomic E-state index is 0.372. The van der Waals surface area contributed by atoms with Gasteiger partial charge in [-0.1, -0.05) is 58.9 Å². The Bertz CT molecular complexity index is 356. The van der Waals surface area contributed by atoms with Crippen LogP contribution in [0.4, 0.5) is 0 Å². The van der Waals surface area contributed by atoms with Crippen molar-refractivity contribution >= 4 is 50.5 Å². The van der Waals surface area contributed by atoms with E-state index in [9.17, 15) is 0 Å². The smallest absolute Gasteiger partial charge is 0.0987 e. The molecule has 1 saturated carbocycles. The number of hydrogen-bond donors (Lipinski definition) is 0. The van der Waals surface area contributed by atoms with Crippen molar-refractivity contribution < 1.29 is 0 Å². The van der Waals surface area contributed by atoms with Crippen LogP contribution in [0.1, 0.15) is 43.0 Å². The summed E-state index contributed by atoms with van der Waals surface area (Å²) >= 11 is 17.4. The normalized spacial score (nSPS) is 28.0. The van der Waals surface area contributed by atoms with E-state index in [1.165, 1.54) is 42.6 Å². The Kier molecular flexibility index (Phi) is 4.62. The molecule has 2 rings (SSSR count). The molecule has 1 aliphatic rings. The highest BCUT2D eigenvalue weighted by Gasteiger charge is 2.27. The van der Waals surface area contributed by atoms with Gasteiger partial charge in [0.1, 0.15) is 0 Å². The van der Waals surface area contributed by atoms with Gasteiger partial charge in [-0.3, -0.25) is 0 Å². The first-order chi connectivity index (χ1) is 7.58. The summed E-state index contributed by atoms with van der Waals surface area (Å²) in [6.45, 7) is 2.34. The Morgan fingerprint density at radius 1 is 1.31 bits per heavy atom. The molecular formula is C12H15BrCl2S. The third-order valence-corrected chi connectivity index (χ3v) is 6.21. The highest BCUT2D eigenvalue weighted by atomic mass is 79.9. The Morgan fingerprint density at radius 2 is 1.94 bits per heavy atom. The molecule has 0 amide bonds. The van der Waals surface area contributed by atoms with Crippen LogP contribution < -0.4 is 0 Å². The molecule has 1 aliphatic carbocycles. The third kappa shape index (κ3) is 2.95. The molecule has 1 atom stereocenters. The van der Waals surface area contributed by atoms with Crippen LogP contribution in [0.3, 0.4) is 0 Å². The van der Waals surface area contributed by atoms with Crippen LogP contribution in [-0.4, -0.2) is 0 Å². The maximum absolute atomic E-state index is 6.19. The minimum atomic E-state index is 0.372. The molecule has 90 valence electrons. The first-order valence-electron chi connectivity index (χ1n) is 5.66. The van der Waals surface area contributed by atoms with Crippen molar-refractivity contribution in [3.05, 3.63) is 20.3 Å². The van der Waals surface area contributed by atoms with Crippen LogP contribution in [0, 0.1) is 11.8 Å². The predicted molar refractivity (Wildman–Crippen MR) is 77.1 cm³/mol. The van der Waals surface area contributed by atoms with Crippen LogP contribution in [0.25, 0.3) is 0 Å². The molecule has 0 bridgehead atoms. The fraction of sp³-hybridized carbons (Fsp3) is 0.667. The van der Waals surface area contributed by atoms with Crippen molar-refractivity contribution in [3.63, 3.8) is 0 Å². The first-order valence-corrected chi connectivity index (χ1v) is 8.15. The third-order valence-electron chi connectivity index (χ3n) is 3.45. The molecule has 4 heteroatoms. The van der Waals surface area contributed by atoms with Crippen LogP contribution in [-0.2, 0) is 0 Å². The summed E-state index contributed by atoms with van der Waals surface area (Å²) in [6.07, 6.45) is 5.26. The molecular weight excluding hydrogens is 327 g/mol. The van der Waals surface area contributed by atoms with E-state index in [2.05, 4.69) is 22.9 Å². The molecule has 0 aliphatic heterocycles. The van der Waals surface area contributed by atoms with Gasteiger partial charge >= 0.3 is 0 Å². The van der Waals surface area contributed by atoms with Crippen LogP contribution >= 0.6 is 50.5 Å². The second-order valence-corrected chi connectivity index (χ2v) is 7.97. The van der Waals surface area contributed by atoms with E-state index in [-0.39, 0.29) is 0 Å². The van der Waals surface area contributed by atoms with Crippen molar-refractivity contribution in [2.45, 2.75) is 37.4 Å². The number of hydrogen-bond acceptors (Lipinski definition) is 1. The van der Waals surface area contributed by atoms with Gasteiger partial charge in [-0.2, -0.15) is 0 Å². The monoisotopic (exact) mass is 340 g/mol. The summed E-state index contributed by atoms with van der Waals surface area (Å²) < 4.78 is 1.62.